The molecule has 0 saturated carbocycles. The molecule has 0 saturated heterocycles. The quantitative estimate of drug-likeness (QED) is 0.909. The number of aromatic nitrogens is 1. The van der Waals surface area contributed by atoms with Gasteiger partial charge >= 0.3 is 0 Å². The number of anilines is 1. The molecule has 2 aromatic rings. The summed E-state index contributed by atoms with van der Waals surface area (Å²) in [7, 11) is 1.80. The Hall–Kier alpha value is -2.20. The van der Waals surface area contributed by atoms with Crippen LogP contribution >= 0.6 is 0 Å². The van der Waals surface area contributed by atoms with Crippen molar-refractivity contribution < 1.29 is 9.90 Å². The number of likely N-dealkylation sites (N-methyl/N-ethyl adjacent to an activating group) is 1. The number of hydrogen-bond donors (Lipinski definition) is 1. The van der Waals surface area contributed by atoms with Gasteiger partial charge in [0.05, 0.1) is 12.5 Å². The van der Waals surface area contributed by atoms with Crippen LogP contribution in [0.1, 0.15) is 24.2 Å². The number of pyridine rings is 1. The highest BCUT2D eigenvalue weighted by molar-refractivity contribution is 6.01. The summed E-state index contributed by atoms with van der Waals surface area (Å²) in [5.41, 5.74) is 4.77. The molecule has 1 aromatic carbocycles. The van der Waals surface area contributed by atoms with Crippen LogP contribution in [0.3, 0.4) is 0 Å². The second-order valence-corrected chi connectivity index (χ2v) is 5.16. The summed E-state index contributed by atoms with van der Waals surface area (Å²) in [5.74, 6) is 0.119. The zero-order chi connectivity index (χ0) is 14.3. The zero-order valence-corrected chi connectivity index (χ0v) is 11.5. The van der Waals surface area contributed by atoms with Gasteiger partial charge in [-0.1, -0.05) is 6.07 Å². The predicted octanol–water partition coefficient (Wildman–Crippen LogP) is 2.32. The van der Waals surface area contributed by atoms with E-state index >= 15 is 0 Å². The molecular formula is C16H16N2O2. The fourth-order valence-corrected chi connectivity index (χ4v) is 2.49. The molecule has 1 aliphatic rings. The first-order valence-electron chi connectivity index (χ1n) is 6.59. The molecule has 0 bridgehead atoms. The van der Waals surface area contributed by atoms with Crippen molar-refractivity contribution >= 4 is 11.6 Å². The van der Waals surface area contributed by atoms with Crippen LogP contribution in [0.15, 0.2) is 36.7 Å². The second-order valence-electron chi connectivity index (χ2n) is 5.16. The molecule has 1 aromatic heterocycles. The van der Waals surface area contributed by atoms with Crippen LogP contribution in [0.5, 0.6) is 0 Å². The number of rotatable bonds is 2. The van der Waals surface area contributed by atoms with Crippen LogP contribution in [0, 0.1) is 0 Å². The molecule has 1 atom stereocenters. The van der Waals surface area contributed by atoms with Crippen molar-refractivity contribution in [1.29, 1.82) is 0 Å². The number of carbonyl (C=O) groups is 1. The van der Waals surface area contributed by atoms with Crippen molar-refractivity contribution in [3.63, 3.8) is 0 Å². The number of aliphatic hydroxyl groups is 1. The Morgan fingerprint density at radius 1 is 1.25 bits per heavy atom. The number of nitrogens with zero attached hydrogens (tertiary/aromatic N) is 2. The second kappa shape index (κ2) is 4.72. The Balaban J connectivity index is 2.02. The van der Waals surface area contributed by atoms with Crippen LogP contribution in [-0.4, -0.2) is 23.0 Å². The van der Waals surface area contributed by atoms with E-state index in [9.17, 15) is 9.90 Å². The summed E-state index contributed by atoms with van der Waals surface area (Å²) in [6.45, 7) is 1.72. The molecule has 0 aliphatic carbocycles. The third-order valence-electron chi connectivity index (χ3n) is 3.73. The lowest BCUT2D eigenvalue weighted by molar-refractivity contribution is -0.117. The van der Waals surface area contributed by atoms with Crippen molar-refractivity contribution in [3.05, 3.63) is 47.8 Å². The van der Waals surface area contributed by atoms with Gasteiger partial charge in [0.15, 0.2) is 0 Å². The Morgan fingerprint density at radius 2 is 2.05 bits per heavy atom. The minimum Gasteiger partial charge on any atom is -0.389 e. The van der Waals surface area contributed by atoms with Crippen molar-refractivity contribution in [3.8, 4) is 11.1 Å². The fourth-order valence-electron chi connectivity index (χ4n) is 2.49. The van der Waals surface area contributed by atoms with Crippen LogP contribution in [0.25, 0.3) is 11.1 Å². The van der Waals surface area contributed by atoms with Crippen molar-refractivity contribution in [2.24, 2.45) is 0 Å². The molecule has 4 nitrogen and oxygen atoms in total. The molecule has 0 unspecified atom stereocenters. The number of benzene rings is 1. The molecule has 4 heteroatoms. The Kier molecular flexibility index (Phi) is 3.03. The van der Waals surface area contributed by atoms with Gasteiger partial charge in [-0.2, -0.15) is 0 Å². The summed E-state index contributed by atoms with van der Waals surface area (Å²) in [6, 6.07) is 7.90. The molecule has 0 fully saturated rings. The maximum absolute atomic E-state index is 11.7. The van der Waals surface area contributed by atoms with Crippen LogP contribution in [0.4, 0.5) is 5.69 Å². The van der Waals surface area contributed by atoms with Gasteiger partial charge < -0.3 is 10.0 Å². The van der Waals surface area contributed by atoms with Crippen molar-refractivity contribution in [2.45, 2.75) is 19.4 Å². The number of hydrogen-bond acceptors (Lipinski definition) is 3. The molecule has 3 rings (SSSR count). The van der Waals surface area contributed by atoms with Gasteiger partial charge in [0.2, 0.25) is 5.91 Å². The van der Waals surface area contributed by atoms with Gasteiger partial charge in [0, 0.05) is 30.7 Å². The van der Waals surface area contributed by atoms with E-state index in [1.165, 1.54) is 0 Å². The normalized spacial score (nSPS) is 15.3. The average Bonchev–Trinajstić information content (AvgIpc) is 2.74. The first-order valence-corrected chi connectivity index (χ1v) is 6.59. The van der Waals surface area contributed by atoms with E-state index in [2.05, 4.69) is 4.98 Å². The van der Waals surface area contributed by atoms with Crippen LogP contribution < -0.4 is 4.90 Å². The fraction of sp³-hybridized carbons (Fsp3) is 0.250. The minimum atomic E-state index is -0.537. The van der Waals surface area contributed by atoms with E-state index in [1.807, 2.05) is 24.3 Å². The van der Waals surface area contributed by atoms with Gasteiger partial charge in [0.1, 0.15) is 0 Å². The van der Waals surface area contributed by atoms with Crippen LogP contribution in [-0.2, 0) is 11.2 Å². The number of aliphatic hydroxyl groups excluding tert-OH is 1. The summed E-state index contributed by atoms with van der Waals surface area (Å²) < 4.78 is 0. The van der Waals surface area contributed by atoms with E-state index in [-0.39, 0.29) is 5.91 Å². The number of fused-ring (bicyclic) bond motifs is 1. The summed E-state index contributed by atoms with van der Waals surface area (Å²) >= 11 is 0. The third kappa shape index (κ3) is 2.08. The van der Waals surface area contributed by atoms with Crippen molar-refractivity contribution in [1.82, 2.24) is 4.98 Å². The molecule has 20 heavy (non-hydrogen) atoms. The van der Waals surface area contributed by atoms with Gasteiger partial charge in [-0.15, -0.1) is 0 Å². The maximum atomic E-state index is 11.7. The molecule has 2 heterocycles. The van der Waals surface area contributed by atoms with E-state index < -0.39 is 6.10 Å². The molecule has 1 aliphatic heterocycles. The highest BCUT2D eigenvalue weighted by Crippen LogP contribution is 2.32. The zero-order valence-electron chi connectivity index (χ0n) is 11.5. The monoisotopic (exact) mass is 268 g/mol. The first kappa shape index (κ1) is 12.8. The third-order valence-corrected chi connectivity index (χ3v) is 3.73. The lowest BCUT2D eigenvalue weighted by Gasteiger charge is -2.11. The van der Waals surface area contributed by atoms with Gasteiger partial charge in [-0.05, 0) is 41.8 Å². The van der Waals surface area contributed by atoms with Gasteiger partial charge in [-0.3, -0.25) is 9.78 Å². The molecule has 0 radical (unpaired) electrons. The van der Waals surface area contributed by atoms with Gasteiger partial charge in [0.25, 0.3) is 0 Å². The molecule has 1 amide bonds. The molecule has 1 N–H and O–H groups in total. The molecule has 102 valence electrons. The summed E-state index contributed by atoms with van der Waals surface area (Å²) in [6.07, 6.45) is 3.35. The predicted molar refractivity (Wildman–Crippen MR) is 77.4 cm³/mol. The summed E-state index contributed by atoms with van der Waals surface area (Å²) in [4.78, 5) is 17.6. The number of amides is 1. The highest BCUT2D eigenvalue weighted by Gasteiger charge is 2.24. The lowest BCUT2D eigenvalue weighted by Crippen LogP contribution is -2.20. The Bertz CT molecular complexity index is 680. The maximum Gasteiger partial charge on any atom is 0.231 e. The Labute approximate surface area is 117 Å². The molecular weight excluding hydrogens is 252 g/mol. The van der Waals surface area contributed by atoms with E-state index in [0.29, 0.717) is 6.42 Å². The van der Waals surface area contributed by atoms with Gasteiger partial charge in [-0.25, -0.2) is 0 Å². The topological polar surface area (TPSA) is 53.4 Å². The lowest BCUT2D eigenvalue weighted by atomic mass is 10.0. The van der Waals surface area contributed by atoms with E-state index in [1.54, 1.807) is 31.3 Å². The molecule has 0 spiro atoms. The largest absolute Gasteiger partial charge is 0.389 e. The minimum absolute atomic E-state index is 0.119. The standard InChI is InChI=1S/C16H16N2O2/c1-10(19)13-6-14(9-17-8-13)11-3-4-15-12(5-11)7-16(20)18(15)2/h3-6,8-10,19H,7H2,1-2H3/t10-/m0/s1. The highest BCUT2D eigenvalue weighted by atomic mass is 16.3. The first-order chi connectivity index (χ1) is 9.56. The average molecular weight is 268 g/mol. The van der Waals surface area contributed by atoms with E-state index in [0.717, 1.165) is 27.9 Å². The summed E-state index contributed by atoms with van der Waals surface area (Å²) in [5, 5.41) is 9.63. The number of carbonyl (C=O) groups excluding carboxylic acids is 1. The van der Waals surface area contributed by atoms with Crippen molar-refractivity contribution in [2.75, 3.05) is 11.9 Å². The SMILES string of the molecule is C[C@H](O)c1cncc(-c2ccc3c(c2)CC(=O)N3C)c1. The van der Waals surface area contributed by atoms with E-state index in [4.69, 9.17) is 0 Å². The Morgan fingerprint density at radius 3 is 2.80 bits per heavy atom. The smallest absolute Gasteiger partial charge is 0.231 e. The van der Waals surface area contributed by atoms with Crippen LogP contribution in [0.2, 0.25) is 0 Å².